The van der Waals surface area contributed by atoms with Gasteiger partial charge in [0.25, 0.3) is 0 Å². The van der Waals surface area contributed by atoms with Gasteiger partial charge in [0, 0.05) is 6.04 Å². The number of fused-ring (bicyclic) bond motifs is 3. The molecule has 2 aromatic rings. The van der Waals surface area contributed by atoms with E-state index in [1.165, 1.54) is 31.7 Å². The first-order valence-corrected chi connectivity index (χ1v) is 7.03. The molecule has 18 heavy (non-hydrogen) atoms. The highest BCUT2D eigenvalue weighted by Gasteiger charge is 2.41. The van der Waals surface area contributed by atoms with Crippen molar-refractivity contribution < 1.29 is 4.39 Å². The van der Waals surface area contributed by atoms with E-state index in [1.54, 1.807) is 6.07 Å². The molecule has 1 aromatic heterocycles. The van der Waals surface area contributed by atoms with Gasteiger partial charge < -0.3 is 9.55 Å². The molecule has 3 atom stereocenters. The maximum Gasteiger partial charge on any atom is 0.178 e. The van der Waals surface area contributed by atoms with Crippen LogP contribution in [0.2, 0.25) is 0 Å². The number of nitrogens with zero attached hydrogens (tertiary/aromatic N) is 1. The van der Waals surface area contributed by atoms with Crippen LogP contribution in [0.15, 0.2) is 18.2 Å². The number of aromatic amines is 1. The summed E-state index contributed by atoms with van der Waals surface area (Å²) < 4.78 is 16.6. The fourth-order valence-electron chi connectivity index (χ4n) is 3.97. The Balaban J connectivity index is 1.92. The lowest BCUT2D eigenvalue weighted by Gasteiger charge is -2.23. The second-order valence-electron chi connectivity index (χ2n) is 5.68. The summed E-state index contributed by atoms with van der Waals surface area (Å²) in [5, 5.41) is 0. The molecule has 1 heterocycles. The molecule has 4 rings (SSSR count). The molecule has 0 aliphatic heterocycles. The molecule has 2 fully saturated rings. The highest BCUT2D eigenvalue weighted by atomic mass is 32.1. The van der Waals surface area contributed by atoms with Gasteiger partial charge in [0.15, 0.2) is 4.77 Å². The molecule has 0 radical (unpaired) electrons. The highest BCUT2D eigenvalue weighted by molar-refractivity contribution is 7.71. The topological polar surface area (TPSA) is 20.7 Å². The molecule has 1 N–H and O–H groups in total. The van der Waals surface area contributed by atoms with E-state index in [4.69, 9.17) is 12.2 Å². The zero-order valence-electron chi connectivity index (χ0n) is 10.0. The van der Waals surface area contributed by atoms with Gasteiger partial charge in [0.1, 0.15) is 11.3 Å². The van der Waals surface area contributed by atoms with Crippen LogP contribution < -0.4 is 0 Å². The van der Waals surface area contributed by atoms with Gasteiger partial charge in [-0.05, 0) is 55.4 Å². The van der Waals surface area contributed by atoms with Crippen molar-refractivity contribution in [3.63, 3.8) is 0 Å². The summed E-state index contributed by atoms with van der Waals surface area (Å²) in [5.74, 6) is 1.39. The quantitative estimate of drug-likeness (QED) is 0.764. The predicted molar refractivity (Wildman–Crippen MR) is 71.6 cm³/mol. The number of imidazole rings is 1. The number of benzene rings is 1. The van der Waals surface area contributed by atoms with Gasteiger partial charge in [-0.2, -0.15) is 0 Å². The highest BCUT2D eigenvalue weighted by Crippen LogP contribution is 2.51. The molecule has 0 saturated heterocycles. The lowest BCUT2D eigenvalue weighted by Crippen LogP contribution is -2.16. The van der Waals surface area contributed by atoms with Crippen molar-refractivity contribution >= 4 is 23.3 Å². The number of halogens is 1. The summed E-state index contributed by atoms with van der Waals surface area (Å²) in [6.07, 6.45) is 5.21. The smallest absolute Gasteiger partial charge is 0.178 e. The molecule has 2 saturated carbocycles. The van der Waals surface area contributed by atoms with Crippen LogP contribution in [0.4, 0.5) is 4.39 Å². The molecule has 3 unspecified atom stereocenters. The van der Waals surface area contributed by atoms with Crippen molar-refractivity contribution in [2.75, 3.05) is 0 Å². The minimum atomic E-state index is -0.208. The fraction of sp³-hybridized carbons (Fsp3) is 0.500. The number of para-hydroxylation sites is 1. The Labute approximate surface area is 110 Å². The van der Waals surface area contributed by atoms with E-state index < -0.39 is 0 Å². The van der Waals surface area contributed by atoms with Gasteiger partial charge in [0.05, 0.1) is 5.52 Å². The number of hydrogen-bond acceptors (Lipinski definition) is 1. The van der Waals surface area contributed by atoms with Crippen molar-refractivity contribution in [3.8, 4) is 0 Å². The van der Waals surface area contributed by atoms with Crippen molar-refractivity contribution in [3.05, 3.63) is 28.8 Å². The van der Waals surface area contributed by atoms with Crippen LogP contribution in [-0.4, -0.2) is 9.55 Å². The number of nitrogens with one attached hydrogen (secondary N) is 1. The first kappa shape index (κ1) is 10.7. The number of rotatable bonds is 1. The first-order chi connectivity index (χ1) is 8.74. The minimum Gasteiger partial charge on any atom is -0.328 e. The Morgan fingerprint density at radius 3 is 2.89 bits per heavy atom. The number of aromatic nitrogens is 2. The SMILES string of the molecule is Fc1cccc2c1[nH]c(=S)n2C1CC2CCC1C2. The third kappa shape index (κ3) is 1.35. The van der Waals surface area contributed by atoms with Crippen LogP contribution in [0.3, 0.4) is 0 Å². The fourth-order valence-corrected chi connectivity index (χ4v) is 4.31. The Morgan fingerprint density at radius 1 is 1.28 bits per heavy atom. The molecular weight excluding hydrogens is 247 g/mol. The second-order valence-corrected chi connectivity index (χ2v) is 6.06. The Morgan fingerprint density at radius 2 is 2.17 bits per heavy atom. The van der Waals surface area contributed by atoms with E-state index in [0.29, 0.717) is 16.3 Å². The molecule has 2 nitrogen and oxygen atoms in total. The third-order valence-electron chi connectivity index (χ3n) is 4.73. The van der Waals surface area contributed by atoms with E-state index in [0.717, 1.165) is 17.4 Å². The van der Waals surface area contributed by atoms with Crippen molar-refractivity contribution in [1.82, 2.24) is 9.55 Å². The van der Waals surface area contributed by atoms with Crippen molar-refractivity contribution in [1.29, 1.82) is 0 Å². The largest absolute Gasteiger partial charge is 0.328 e. The minimum absolute atomic E-state index is 0.208. The van der Waals surface area contributed by atoms with Crippen LogP contribution in [0.5, 0.6) is 0 Å². The maximum atomic E-state index is 13.8. The molecule has 0 spiro atoms. The third-order valence-corrected chi connectivity index (χ3v) is 5.03. The average molecular weight is 262 g/mol. The number of H-pyrrole nitrogens is 1. The van der Waals surface area contributed by atoms with E-state index in [1.807, 2.05) is 6.07 Å². The normalized spacial score (nSPS) is 30.4. The van der Waals surface area contributed by atoms with Crippen molar-refractivity contribution in [2.24, 2.45) is 11.8 Å². The van der Waals surface area contributed by atoms with Gasteiger partial charge in [-0.3, -0.25) is 0 Å². The van der Waals surface area contributed by atoms with Crippen LogP contribution >= 0.6 is 12.2 Å². The Kier molecular flexibility index (Phi) is 2.19. The lowest BCUT2D eigenvalue weighted by atomic mass is 9.95. The van der Waals surface area contributed by atoms with E-state index in [2.05, 4.69) is 9.55 Å². The van der Waals surface area contributed by atoms with Gasteiger partial charge >= 0.3 is 0 Å². The summed E-state index contributed by atoms with van der Waals surface area (Å²) in [6.45, 7) is 0. The maximum absolute atomic E-state index is 13.8. The Hall–Kier alpha value is -1.16. The molecule has 4 heteroatoms. The summed E-state index contributed by atoms with van der Waals surface area (Å²) >= 11 is 5.41. The molecule has 94 valence electrons. The summed E-state index contributed by atoms with van der Waals surface area (Å²) in [4.78, 5) is 3.03. The molecule has 1 aromatic carbocycles. The molecule has 2 aliphatic carbocycles. The Bertz CT molecular complexity index is 672. The summed E-state index contributed by atoms with van der Waals surface area (Å²) in [6, 6.07) is 5.70. The van der Waals surface area contributed by atoms with Crippen LogP contribution in [0, 0.1) is 22.4 Å². The molecular formula is C14H15FN2S. The monoisotopic (exact) mass is 262 g/mol. The van der Waals surface area contributed by atoms with Gasteiger partial charge in [0.2, 0.25) is 0 Å². The standard InChI is InChI=1S/C14H15FN2S/c15-10-2-1-3-11-13(10)16-14(18)17(11)12-7-8-4-5-9(12)6-8/h1-3,8-9,12H,4-7H2,(H,16,18). The van der Waals surface area contributed by atoms with Crippen LogP contribution in [-0.2, 0) is 0 Å². The molecule has 0 amide bonds. The molecule has 2 bridgehead atoms. The second kappa shape index (κ2) is 3.67. The predicted octanol–water partition coefficient (Wildman–Crippen LogP) is 4.20. The van der Waals surface area contributed by atoms with Crippen LogP contribution in [0.25, 0.3) is 11.0 Å². The zero-order valence-corrected chi connectivity index (χ0v) is 10.8. The lowest BCUT2D eigenvalue weighted by molar-refractivity contribution is 0.333. The van der Waals surface area contributed by atoms with Gasteiger partial charge in [-0.1, -0.05) is 12.5 Å². The van der Waals surface area contributed by atoms with E-state index in [-0.39, 0.29) is 5.82 Å². The van der Waals surface area contributed by atoms with E-state index >= 15 is 0 Å². The van der Waals surface area contributed by atoms with Crippen molar-refractivity contribution in [2.45, 2.75) is 31.7 Å². The van der Waals surface area contributed by atoms with Crippen LogP contribution in [0.1, 0.15) is 31.7 Å². The van der Waals surface area contributed by atoms with Gasteiger partial charge in [-0.15, -0.1) is 0 Å². The van der Waals surface area contributed by atoms with E-state index in [9.17, 15) is 4.39 Å². The first-order valence-electron chi connectivity index (χ1n) is 6.63. The summed E-state index contributed by atoms with van der Waals surface area (Å²) in [5.41, 5.74) is 1.49. The number of hydrogen-bond donors (Lipinski definition) is 1. The average Bonchev–Trinajstić information content (AvgIpc) is 3.02. The van der Waals surface area contributed by atoms with Gasteiger partial charge in [-0.25, -0.2) is 4.39 Å². The summed E-state index contributed by atoms with van der Waals surface area (Å²) in [7, 11) is 0. The molecule has 2 aliphatic rings. The zero-order chi connectivity index (χ0) is 12.3.